The molecule has 1 aromatic rings. The van der Waals surface area contributed by atoms with Crippen LogP contribution in [0.3, 0.4) is 0 Å². The smallest absolute Gasteiger partial charge is 0.328 e. The number of aliphatic imine (C=N–C) groups is 1. The molecule has 6 aliphatic rings. The molecule has 1 spiro atoms. The van der Waals surface area contributed by atoms with E-state index in [2.05, 4.69) is 4.99 Å². The molecule has 0 aliphatic carbocycles. The summed E-state index contributed by atoms with van der Waals surface area (Å²) >= 11 is 6.40. The Bertz CT molecular complexity index is 1620. The Hall–Kier alpha value is -3.99. The van der Waals surface area contributed by atoms with E-state index < -0.39 is 29.6 Å². The predicted molar refractivity (Wildman–Crippen MR) is 178 cm³/mol. The van der Waals surface area contributed by atoms with Crippen LogP contribution in [0.1, 0.15) is 57.4 Å². The van der Waals surface area contributed by atoms with E-state index >= 15 is 0 Å². The summed E-state index contributed by atoms with van der Waals surface area (Å²) in [5, 5.41) is 0.543. The molecule has 4 saturated heterocycles. The molecule has 0 aromatic heterocycles. The number of carbonyl (C=O) groups is 5. The van der Waals surface area contributed by atoms with Gasteiger partial charge in [0.05, 0.1) is 18.7 Å². The van der Waals surface area contributed by atoms with Gasteiger partial charge in [0, 0.05) is 37.5 Å². The van der Waals surface area contributed by atoms with Gasteiger partial charge in [-0.1, -0.05) is 54.1 Å². The van der Waals surface area contributed by atoms with Crippen molar-refractivity contribution < 1.29 is 28.7 Å². The number of carbonyl (C=O) groups excluding carboxylic acids is 5. The second-order valence-corrected chi connectivity index (χ2v) is 14.0. The third-order valence-electron chi connectivity index (χ3n) is 11.2. The highest BCUT2D eigenvalue weighted by atomic mass is 35.5. The molecule has 1 aromatic carbocycles. The normalized spacial score (nSPS) is 32.5. The molecule has 0 bridgehead atoms. The summed E-state index contributed by atoms with van der Waals surface area (Å²) in [6.07, 6.45) is 12.1. The lowest BCUT2D eigenvalue weighted by atomic mass is 9.88. The van der Waals surface area contributed by atoms with E-state index in [4.69, 9.17) is 16.3 Å². The zero-order valence-corrected chi connectivity index (χ0v) is 28.2. The SMILES string of the molecule is CCOC(=O)[C@@H]1CC[C@@H]2C=C[C@H]3CCN(C(=O)[C@@H]4CC[C@H]5C=C[C@]6(CCCN6C(=O)C(Cc6ccccc6Cl)=NC)C(=O)N54)[C@@H]3C(=O)N21. The number of rotatable bonds is 6. The molecule has 0 saturated carbocycles. The number of hydrogen-bond acceptors (Lipinski definition) is 7. The van der Waals surface area contributed by atoms with E-state index in [9.17, 15) is 24.0 Å². The molecule has 7 rings (SSSR count). The van der Waals surface area contributed by atoms with E-state index in [0.717, 1.165) is 5.56 Å². The van der Waals surface area contributed by atoms with E-state index in [1.807, 2.05) is 42.5 Å². The predicted octanol–water partition coefficient (Wildman–Crippen LogP) is 2.95. The molecule has 6 heterocycles. The van der Waals surface area contributed by atoms with Gasteiger partial charge >= 0.3 is 5.97 Å². The van der Waals surface area contributed by atoms with Crippen molar-refractivity contribution in [1.82, 2.24) is 19.6 Å². The minimum Gasteiger partial charge on any atom is -0.464 e. The molecule has 48 heavy (non-hydrogen) atoms. The summed E-state index contributed by atoms with van der Waals surface area (Å²) in [5.41, 5.74) is -0.124. The summed E-state index contributed by atoms with van der Waals surface area (Å²) in [5.74, 6) is -1.63. The van der Waals surface area contributed by atoms with Gasteiger partial charge in [-0.25, -0.2) is 4.79 Å². The Kier molecular flexibility index (Phi) is 8.68. The third-order valence-corrected chi connectivity index (χ3v) is 11.6. The number of fused-ring (bicyclic) bond motifs is 3. The van der Waals surface area contributed by atoms with Gasteiger partial charge in [0.25, 0.3) is 11.8 Å². The van der Waals surface area contributed by atoms with Gasteiger partial charge in [0.1, 0.15) is 29.4 Å². The molecule has 7 atom stereocenters. The van der Waals surface area contributed by atoms with E-state index in [0.29, 0.717) is 68.8 Å². The fourth-order valence-corrected chi connectivity index (χ4v) is 9.09. The molecule has 11 nitrogen and oxygen atoms in total. The van der Waals surface area contributed by atoms with Crippen molar-refractivity contribution in [3.05, 3.63) is 59.2 Å². The first-order valence-electron chi connectivity index (χ1n) is 17.2. The zero-order valence-electron chi connectivity index (χ0n) is 27.4. The van der Waals surface area contributed by atoms with Crippen LogP contribution in [-0.4, -0.2) is 117 Å². The van der Waals surface area contributed by atoms with Crippen LogP contribution in [-0.2, 0) is 35.1 Å². The van der Waals surface area contributed by atoms with Gasteiger partial charge in [0.2, 0.25) is 11.8 Å². The highest BCUT2D eigenvalue weighted by Crippen LogP contribution is 2.43. The van der Waals surface area contributed by atoms with Crippen molar-refractivity contribution >= 4 is 46.9 Å². The molecule has 0 unspecified atom stereocenters. The van der Waals surface area contributed by atoms with Crippen molar-refractivity contribution in [2.24, 2.45) is 10.9 Å². The first kappa shape index (κ1) is 32.6. The van der Waals surface area contributed by atoms with E-state index in [-0.39, 0.29) is 54.7 Å². The van der Waals surface area contributed by atoms with Crippen molar-refractivity contribution in [3.8, 4) is 0 Å². The second kappa shape index (κ2) is 12.8. The number of nitrogens with zero attached hydrogens (tertiary/aromatic N) is 5. The molecule has 4 amide bonds. The lowest BCUT2D eigenvalue weighted by Gasteiger charge is -2.44. The van der Waals surface area contributed by atoms with Crippen molar-refractivity contribution in [2.45, 2.75) is 94.0 Å². The lowest BCUT2D eigenvalue weighted by Crippen LogP contribution is -2.64. The molecule has 12 heteroatoms. The van der Waals surface area contributed by atoms with Crippen molar-refractivity contribution in [2.75, 3.05) is 26.7 Å². The van der Waals surface area contributed by atoms with Gasteiger partial charge < -0.3 is 24.3 Å². The first-order chi connectivity index (χ1) is 23.2. The number of hydrogen-bond donors (Lipinski definition) is 0. The second-order valence-electron chi connectivity index (χ2n) is 13.6. The fourth-order valence-electron chi connectivity index (χ4n) is 8.88. The maximum Gasteiger partial charge on any atom is 0.328 e. The summed E-state index contributed by atoms with van der Waals surface area (Å²) in [6, 6.07) is 4.68. The van der Waals surface area contributed by atoms with Crippen LogP contribution in [0, 0.1) is 5.92 Å². The summed E-state index contributed by atoms with van der Waals surface area (Å²) in [7, 11) is 1.57. The average molecular weight is 676 g/mol. The first-order valence-corrected chi connectivity index (χ1v) is 17.6. The van der Waals surface area contributed by atoms with Crippen LogP contribution in [0.15, 0.2) is 53.6 Å². The molecule has 0 radical (unpaired) electrons. The Balaban J connectivity index is 1.13. The van der Waals surface area contributed by atoms with Crippen LogP contribution < -0.4 is 0 Å². The minimum absolute atomic E-state index is 0.164. The number of ether oxygens (including phenoxy) is 1. The number of amides is 4. The average Bonchev–Trinajstić information content (AvgIpc) is 3.88. The van der Waals surface area contributed by atoms with Gasteiger partial charge in [-0.15, -0.1) is 0 Å². The molecular formula is C36H42ClN5O6. The largest absolute Gasteiger partial charge is 0.464 e. The van der Waals surface area contributed by atoms with Gasteiger partial charge in [-0.05, 0) is 63.5 Å². The monoisotopic (exact) mass is 675 g/mol. The number of benzene rings is 1. The van der Waals surface area contributed by atoms with E-state index in [1.165, 1.54) is 0 Å². The molecule has 4 fully saturated rings. The molecule has 254 valence electrons. The lowest BCUT2D eigenvalue weighted by molar-refractivity contribution is -0.158. The third kappa shape index (κ3) is 5.16. The highest BCUT2D eigenvalue weighted by molar-refractivity contribution is 6.40. The summed E-state index contributed by atoms with van der Waals surface area (Å²) in [6.45, 7) is 2.76. The van der Waals surface area contributed by atoms with Gasteiger partial charge in [0.15, 0.2) is 0 Å². The van der Waals surface area contributed by atoms with Crippen LogP contribution in [0.2, 0.25) is 5.02 Å². The Morgan fingerprint density at radius 2 is 1.71 bits per heavy atom. The minimum atomic E-state index is -1.21. The zero-order chi connectivity index (χ0) is 33.7. The van der Waals surface area contributed by atoms with Crippen LogP contribution >= 0.6 is 11.6 Å². The maximum atomic E-state index is 14.6. The van der Waals surface area contributed by atoms with Crippen LogP contribution in [0.4, 0.5) is 0 Å². The quantitative estimate of drug-likeness (QED) is 0.260. The van der Waals surface area contributed by atoms with Crippen molar-refractivity contribution in [1.29, 1.82) is 0 Å². The Labute approximate surface area is 285 Å². The molecular weight excluding hydrogens is 634 g/mol. The van der Waals surface area contributed by atoms with Crippen LogP contribution in [0.5, 0.6) is 0 Å². The van der Waals surface area contributed by atoms with Gasteiger partial charge in [-0.2, -0.15) is 0 Å². The molecule has 0 N–H and O–H groups in total. The summed E-state index contributed by atoms with van der Waals surface area (Å²) < 4.78 is 5.30. The Morgan fingerprint density at radius 3 is 2.46 bits per heavy atom. The van der Waals surface area contributed by atoms with Gasteiger partial charge in [-0.3, -0.25) is 24.2 Å². The van der Waals surface area contributed by atoms with Crippen LogP contribution in [0.25, 0.3) is 0 Å². The number of halogens is 1. The Morgan fingerprint density at radius 1 is 0.958 bits per heavy atom. The van der Waals surface area contributed by atoms with E-state index in [1.54, 1.807) is 39.6 Å². The molecule has 6 aliphatic heterocycles. The van der Waals surface area contributed by atoms with Crippen molar-refractivity contribution in [3.63, 3.8) is 0 Å². The summed E-state index contributed by atoms with van der Waals surface area (Å²) in [4.78, 5) is 81.1. The topological polar surface area (TPSA) is 120 Å². The fraction of sp³-hybridized carbons (Fsp3) is 0.556. The number of esters is 1. The standard InChI is InChI=1S/C36H42ClN5O6/c1-3-48-34(46)29-14-12-24-10-9-22-16-20-39(30(22)33(45)41(24)29)32(44)28-13-11-25-15-18-36(35(47)42(25)28)17-6-19-40(36)31(43)27(38-2)21-23-7-4-5-8-26(23)37/h4-5,7-10,15,18,22,24-25,28-30H,3,6,11-14,16-17,19-21H2,1-2H3/t22-,24-,25-,28-,29-,30-,36+/m0/s1. The highest BCUT2D eigenvalue weighted by Gasteiger charge is 2.58. The maximum absolute atomic E-state index is 14.6. The number of likely N-dealkylation sites (tertiary alicyclic amines) is 2.